The molecule has 2 aromatic carbocycles. The van der Waals surface area contributed by atoms with Gasteiger partial charge >= 0.3 is 0 Å². The molecule has 1 N–H and O–H groups in total. The molecule has 162 valence electrons. The van der Waals surface area contributed by atoms with Crippen LogP contribution in [0.15, 0.2) is 48.5 Å². The molecular weight excluding hydrogens is 416 g/mol. The van der Waals surface area contributed by atoms with Crippen molar-refractivity contribution >= 4 is 35.2 Å². The van der Waals surface area contributed by atoms with Gasteiger partial charge in [-0.05, 0) is 48.6 Å². The monoisotopic (exact) mass is 446 g/mol. The zero-order valence-electron chi connectivity index (χ0n) is 18.0. The van der Waals surface area contributed by atoms with Crippen molar-refractivity contribution in [2.75, 3.05) is 12.3 Å². The lowest BCUT2D eigenvalue weighted by Gasteiger charge is -2.31. The Balaban J connectivity index is 2.11. The highest BCUT2D eigenvalue weighted by molar-refractivity contribution is 7.99. The molecule has 0 unspecified atom stereocenters. The zero-order valence-corrected chi connectivity index (χ0v) is 19.6. The second-order valence-corrected chi connectivity index (χ2v) is 8.70. The summed E-state index contributed by atoms with van der Waals surface area (Å²) in [6.07, 6.45) is 1.44. The van der Waals surface area contributed by atoms with Crippen LogP contribution in [0.2, 0.25) is 5.02 Å². The van der Waals surface area contributed by atoms with Crippen molar-refractivity contribution in [2.45, 2.75) is 52.0 Å². The van der Waals surface area contributed by atoms with Crippen LogP contribution in [0.3, 0.4) is 0 Å². The molecule has 4 nitrogen and oxygen atoms in total. The number of rotatable bonds is 11. The van der Waals surface area contributed by atoms with E-state index >= 15 is 0 Å². The van der Waals surface area contributed by atoms with Crippen LogP contribution in [0.25, 0.3) is 0 Å². The number of halogens is 1. The lowest BCUT2D eigenvalue weighted by Crippen LogP contribution is -2.49. The Bertz CT molecular complexity index is 826. The molecule has 0 bridgehead atoms. The highest BCUT2D eigenvalue weighted by Crippen LogP contribution is 2.19. The lowest BCUT2D eigenvalue weighted by molar-refractivity contribution is -0.139. The van der Waals surface area contributed by atoms with Gasteiger partial charge in [-0.1, -0.05) is 61.8 Å². The summed E-state index contributed by atoms with van der Waals surface area (Å²) in [5.74, 6) is 0.950. The van der Waals surface area contributed by atoms with Gasteiger partial charge in [0.05, 0.1) is 5.75 Å². The van der Waals surface area contributed by atoms with Crippen LogP contribution in [-0.4, -0.2) is 35.1 Å². The van der Waals surface area contributed by atoms with Crippen molar-refractivity contribution in [3.05, 3.63) is 70.2 Å². The van der Waals surface area contributed by atoms with E-state index in [2.05, 4.69) is 5.32 Å². The Morgan fingerprint density at radius 2 is 1.80 bits per heavy atom. The van der Waals surface area contributed by atoms with Gasteiger partial charge < -0.3 is 10.2 Å². The summed E-state index contributed by atoms with van der Waals surface area (Å²) in [5, 5.41) is 3.66. The standard InChI is InChI=1S/C24H31ClN2O2S/c1-4-14-26-24(29)22(5-2)27(15-20-9-7-6-8-18(20)3)23(28)17-30-16-19-10-12-21(25)13-11-19/h6-13,22H,4-5,14-17H2,1-3H3,(H,26,29)/t22-/m0/s1. The Morgan fingerprint density at radius 3 is 2.43 bits per heavy atom. The van der Waals surface area contributed by atoms with Crippen LogP contribution in [0.4, 0.5) is 0 Å². The van der Waals surface area contributed by atoms with E-state index in [0.29, 0.717) is 30.3 Å². The molecule has 1 atom stereocenters. The highest BCUT2D eigenvalue weighted by Gasteiger charge is 2.28. The minimum absolute atomic E-state index is 0.0179. The van der Waals surface area contributed by atoms with Gasteiger partial charge in [-0.15, -0.1) is 11.8 Å². The molecule has 0 aromatic heterocycles. The van der Waals surface area contributed by atoms with Crippen LogP contribution in [0.1, 0.15) is 43.4 Å². The van der Waals surface area contributed by atoms with Gasteiger partial charge in [-0.2, -0.15) is 0 Å². The van der Waals surface area contributed by atoms with E-state index in [1.165, 1.54) is 0 Å². The van der Waals surface area contributed by atoms with Gasteiger partial charge in [0.2, 0.25) is 11.8 Å². The number of nitrogens with one attached hydrogen (secondary N) is 1. The van der Waals surface area contributed by atoms with Crippen LogP contribution in [-0.2, 0) is 21.9 Å². The number of carbonyl (C=O) groups excluding carboxylic acids is 2. The minimum Gasteiger partial charge on any atom is -0.354 e. The first-order valence-electron chi connectivity index (χ1n) is 10.4. The predicted octanol–water partition coefficient (Wildman–Crippen LogP) is 5.22. The number of benzene rings is 2. The molecule has 0 aliphatic heterocycles. The molecule has 0 aliphatic rings. The maximum absolute atomic E-state index is 13.2. The van der Waals surface area contributed by atoms with Crippen LogP contribution in [0, 0.1) is 6.92 Å². The van der Waals surface area contributed by atoms with Crippen molar-refractivity contribution in [3.63, 3.8) is 0 Å². The van der Waals surface area contributed by atoms with Gasteiger partial charge in [-0.25, -0.2) is 0 Å². The summed E-state index contributed by atoms with van der Waals surface area (Å²) in [6, 6.07) is 15.2. The average Bonchev–Trinajstić information content (AvgIpc) is 2.74. The topological polar surface area (TPSA) is 49.4 Å². The Labute approximate surface area is 189 Å². The summed E-state index contributed by atoms with van der Waals surface area (Å²) in [5.41, 5.74) is 3.30. The van der Waals surface area contributed by atoms with Crippen molar-refractivity contribution in [1.29, 1.82) is 0 Å². The molecule has 2 amide bonds. The number of hydrogen-bond acceptors (Lipinski definition) is 3. The van der Waals surface area contributed by atoms with Gasteiger partial charge in [0.25, 0.3) is 0 Å². The third-order valence-electron chi connectivity index (χ3n) is 4.94. The summed E-state index contributed by atoms with van der Waals surface area (Å²) in [7, 11) is 0. The molecule has 2 rings (SSSR count). The molecular formula is C24H31ClN2O2S. The zero-order chi connectivity index (χ0) is 21.9. The number of nitrogens with zero attached hydrogens (tertiary/aromatic N) is 1. The number of hydrogen-bond donors (Lipinski definition) is 1. The van der Waals surface area contributed by atoms with Crippen LogP contribution < -0.4 is 5.32 Å². The van der Waals surface area contributed by atoms with E-state index in [1.54, 1.807) is 16.7 Å². The highest BCUT2D eigenvalue weighted by atomic mass is 35.5. The fourth-order valence-corrected chi connectivity index (χ4v) is 4.17. The minimum atomic E-state index is -0.472. The second-order valence-electron chi connectivity index (χ2n) is 7.28. The van der Waals surface area contributed by atoms with Crippen molar-refractivity contribution < 1.29 is 9.59 Å². The van der Waals surface area contributed by atoms with Gasteiger partial charge in [0.15, 0.2) is 0 Å². The van der Waals surface area contributed by atoms with Crippen LogP contribution in [0.5, 0.6) is 0 Å². The van der Waals surface area contributed by atoms with Crippen molar-refractivity contribution in [1.82, 2.24) is 10.2 Å². The maximum Gasteiger partial charge on any atom is 0.242 e. The summed E-state index contributed by atoms with van der Waals surface area (Å²) < 4.78 is 0. The molecule has 2 aromatic rings. The summed E-state index contributed by atoms with van der Waals surface area (Å²) >= 11 is 7.49. The quantitative estimate of drug-likeness (QED) is 0.515. The third-order valence-corrected chi connectivity index (χ3v) is 6.19. The van der Waals surface area contributed by atoms with Crippen LogP contribution >= 0.6 is 23.4 Å². The number of amides is 2. The number of thioether (sulfide) groups is 1. The first-order valence-corrected chi connectivity index (χ1v) is 11.9. The molecule has 0 radical (unpaired) electrons. The molecule has 0 saturated carbocycles. The fourth-order valence-electron chi connectivity index (χ4n) is 3.18. The molecule has 0 saturated heterocycles. The Kier molecular flexibility index (Phi) is 10.2. The third kappa shape index (κ3) is 7.37. The molecule has 6 heteroatoms. The second kappa shape index (κ2) is 12.7. The first-order chi connectivity index (χ1) is 14.5. The molecule has 0 spiro atoms. The van der Waals surface area contributed by atoms with Crippen molar-refractivity contribution in [2.24, 2.45) is 0 Å². The SMILES string of the molecule is CCCNC(=O)[C@H](CC)N(Cc1ccccc1C)C(=O)CSCc1ccc(Cl)cc1. The Morgan fingerprint density at radius 1 is 1.10 bits per heavy atom. The normalized spacial score (nSPS) is 11.7. The van der Waals surface area contributed by atoms with E-state index < -0.39 is 6.04 Å². The van der Waals surface area contributed by atoms with Gasteiger partial charge in [0.1, 0.15) is 6.04 Å². The molecule has 0 aliphatic carbocycles. The van der Waals surface area contributed by atoms with Crippen molar-refractivity contribution in [3.8, 4) is 0 Å². The number of carbonyl (C=O) groups is 2. The van der Waals surface area contributed by atoms with E-state index in [1.807, 2.05) is 69.3 Å². The molecule has 0 fully saturated rings. The lowest BCUT2D eigenvalue weighted by atomic mass is 10.1. The van der Waals surface area contributed by atoms with Gasteiger partial charge in [-0.3, -0.25) is 9.59 Å². The molecule has 30 heavy (non-hydrogen) atoms. The largest absolute Gasteiger partial charge is 0.354 e. The van der Waals surface area contributed by atoms with E-state index in [-0.39, 0.29) is 11.8 Å². The Hall–Kier alpha value is -1.98. The smallest absolute Gasteiger partial charge is 0.242 e. The summed E-state index contributed by atoms with van der Waals surface area (Å²) in [6.45, 7) is 7.06. The van der Waals surface area contributed by atoms with Gasteiger partial charge in [0, 0.05) is 23.9 Å². The summed E-state index contributed by atoms with van der Waals surface area (Å²) in [4.78, 5) is 27.7. The average molecular weight is 447 g/mol. The van der Waals surface area contributed by atoms with E-state index in [4.69, 9.17) is 11.6 Å². The molecule has 0 heterocycles. The first kappa shape index (κ1) is 24.3. The predicted molar refractivity (Wildman–Crippen MR) is 127 cm³/mol. The fraction of sp³-hybridized carbons (Fsp3) is 0.417. The van der Waals surface area contributed by atoms with E-state index in [0.717, 1.165) is 28.9 Å². The number of aryl methyl sites for hydroxylation is 1. The van der Waals surface area contributed by atoms with E-state index in [9.17, 15) is 9.59 Å². The maximum atomic E-state index is 13.2.